The number of pyridine rings is 1. The summed E-state index contributed by atoms with van der Waals surface area (Å²) in [5.41, 5.74) is 1.15. The summed E-state index contributed by atoms with van der Waals surface area (Å²) >= 11 is 5.51. The van der Waals surface area contributed by atoms with E-state index in [-0.39, 0.29) is 5.78 Å². The molecule has 0 radical (unpaired) electrons. The zero-order valence-corrected chi connectivity index (χ0v) is 11.9. The van der Waals surface area contributed by atoms with Crippen LogP contribution in [0.4, 0.5) is 0 Å². The Kier molecular flexibility index (Phi) is 3.70. The molecule has 0 N–H and O–H groups in total. The van der Waals surface area contributed by atoms with Crippen molar-refractivity contribution in [1.82, 2.24) is 4.98 Å². The summed E-state index contributed by atoms with van der Waals surface area (Å²) in [7, 11) is 0. The first-order valence-electron chi connectivity index (χ1n) is 4.59. The van der Waals surface area contributed by atoms with Gasteiger partial charge in [-0.25, -0.2) is 0 Å². The summed E-state index contributed by atoms with van der Waals surface area (Å²) < 4.78 is 1.82. The lowest BCUT2D eigenvalue weighted by Gasteiger charge is -2.03. The summed E-state index contributed by atoms with van der Waals surface area (Å²) in [6.07, 6.45) is 1.62. The number of halogens is 2. The van der Waals surface area contributed by atoms with Gasteiger partial charge in [0.05, 0.1) is 0 Å². The Morgan fingerprint density at radius 2 is 2.06 bits per heavy atom. The molecule has 1 heterocycles. The van der Waals surface area contributed by atoms with Crippen molar-refractivity contribution in [2.45, 2.75) is 0 Å². The standard InChI is InChI=1S/C12H7BrINO/c13-8-4-5-10(14)9(7-8)12(16)11-3-1-2-6-15-11/h1-7H. The number of rotatable bonds is 2. The van der Waals surface area contributed by atoms with Crippen LogP contribution in [0.25, 0.3) is 0 Å². The zero-order valence-electron chi connectivity index (χ0n) is 8.15. The van der Waals surface area contributed by atoms with E-state index >= 15 is 0 Å². The van der Waals surface area contributed by atoms with Crippen LogP contribution in [-0.2, 0) is 0 Å². The Morgan fingerprint density at radius 1 is 1.25 bits per heavy atom. The predicted molar refractivity (Wildman–Crippen MR) is 74.5 cm³/mol. The second-order valence-electron chi connectivity index (χ2n) is 3.17. The lowest BCUT2D eigenvalue weighted by molar-refractivity contribution is 0.103. The highest BCUT2D eigenvalue weighted by molar-refractivity contribution is 14.1. The van der Waals surface area contributed by atoms with E-state index in [1.54, 1.807) is 18.3 Å². The van der Waals surface area contributed by atoms with Gasteiger partial charge in [-0.05, 0) is 52.9 Å². The number of ketones is 1. The van der Waals surface area contributed by atoms with Gasteiger partial charge in [-0.2, -0.15) is 0 Å². The fourth-order valence-electron chi connectivity index (χ4n) is 1.31. The molecule has 4 heteroatoms. The van der Waals surface area contributed by atoms with Crippen molar-refractivity contribution >= 4 is 44.3 Å². The fraction of sp³-hybridized carbons (Fsp3) is 0. The molecular formula is C12H7BrINO. The first kappa shape index (κ1) is 11.7. The molecule has 0 atom stereocenters. The number of carbonyl (C=O) groups is 1. The maximum atomic E-state index is 12.1. The van der Waals surface area contributed by atoms with Gasteiger partial charge in [0, 0.05) is 19.8 Å². The molecule has 0 bridgehead atoms. The van der Waals surface area contributed by atoms with Gasteiger partial charge in [0.1, 0.15) is 5.69 Å². The summed E-state index contributed by atoms with van der Waals surface area (Å²) in [5, 5.41) is 0. The number of carbonyl (C=O) groups excluding carboxylic acids is 1. The van der Waals surface area contributed by atoms with E-state index in [2.05, 4.69) is 43.5 Å². The van der Waals surface area contributed by atoms with Gasteiger partial charge in [-0.15, -0.1) is 0 Å². The number of nitrogens with zero attached hydrogens (tertiary/aromatic N) is 1. The molecule has 2 aromatic rings. The monoisotopic (exact) mass is 387 g/mol. The molecular weight excluding hydrogens is 381 g/mol. The Bertz CT molecular complexity index is 528. The maximum Gasteiger partial charge on any atom is 0.212 e. The third kappa shape index (κ3) is 2.49. The molecule has 0 spiro atoms. The van der Waals surface area contributed by atoms with Gasteiger partial charge < -0.3 is 0 Å². The molecule has 0 aliphatic rings. The highest BCUT2D eigenvalue weighted by Gasteiger charge is 2.13. The van der Waals surface area contributed by atoms with Crippen molar-refractivity contribution in [3.8, 4) is 0 Å². The second kappa shape index (κ2) is 5.05. The number of aromatic nitrogens is 1. The first-order valence-corrected chi connectivity index (χ1v) is 6.46. The summed E-state index contributed by atoms with van der Waals surface area (Å²) in [6, 6.07) is 11.0. The molecule has 0 fully saturated rings. The lowest BCUT2D eigenvalue weighted by atomic mass is 10.1. The highest BCUT2D eigenvalue weighted by Crippen LogP contribution is 2.20. The van der Waals surface area contributed by atoms with Gasteiger partial charge in [0.25, 0.3) is 0 Å². The van der Waals surface area contributed by atoms with Crippen LogP contribution in [0.1, 0.15) is 16.1 Å². The summed E-state index contributed by atoms with van der Waals surface area (Å²) in [4.78, 5) is 16.2. The van der Waals surface area contributed by atoms with E-state index < -0.39 is 0 Å². The van der Waals surface area contributed by atoms with E-state index in [9.17, 15) is 4.79 Å². The summed E-state index contributed by atoms with van der Waals surface area (Å²) in [5.74, 6) is -0.0497. The van der Waals surface area contributed by atoms with Gasteiger partial charge in [-0.3, -0.25) is 9.78 Å². The van der Waals surface area contributed by atoms with Gasteiger partial charge in [0.15, 0.2) is 0 Å². The van der Waals surface area contributed by atoms with Gasteiger partial charge >= 0.3 is 0 Å². The van der Waals surface area contributed by atoms with Crippen LogP contribution in [0.2, 0.25) is 0 Å². The van der Waals surface area contributed by atoms with E-state index in [1.165, 1.54) is 0 Å². The molecule has 0 aliphatic carbocycles. The van der Waals surface area contributed by atoms with E-state index in [0.29, 0.717) is 11.3 Å². The molecule has 1 aromatic carbocycles. The smallest absolute Gasteiger partial charge is 0.212 e. The fourth-order valence-corrected chi connectivity index (χ4v) is 2.25. The van der Waals surface area contributed by atoms with Crippen LogP contribution in [0.15, 0.2) is 47.1 Å². The number of benzene rings is 1. The average molecular weight is 388 g/mol. The third-order valence-electron chi connectivity index (χ3n) is 2.07. The highest BCUT2D eigenvalue weighted by atomic mass is 127. The minimum Gasteiger partial charge on any atom is -0.287 e. The molecule has 2 rings (SSSR count). The van der Waals surface area contributed by atoms with E-state index in [4.69, 9.17) is 0 Å². The van der Waals surface area contributed by atoms with Crippen molar-refractivity contribution in [3.05, 3.63) is 61.9 Å². The van der Waals surface area contributed by atoms with E-state index in [0.717, 1.165) is 8.04 Å². The van der Waals surface area contributed by atoms with Crippen molar-refractivity contribution in [2.75, 3.05) is 0 Å². The van der Waals surface area contributed by atoms with Crippen molar-refractivity contribution in [3.63, 3.8) is 0 Å². The molecule has 0 aliphatic heterocycles. The quantitative estimate of drug-likeness (QED) is 0.581. The van der Waals surface area contributed by atoms with Gasteiger partial charge in [0.2, 0.25) is 5.78 Å². The van der Waals surface area contributed by atoms with Crippen molar-refractivity contribution < 1.29 is 4.79 Å². The molecule has 2 nitrogen and oxygen atoms in total. The Hall–Kier alpha value is -0.750. The molecule has 0 unspecified atom stereocenters. The van der Waals surface area contributed by atoms with E-state index in [1.807, 2.05) is 24.3 Å². The van der Waals surface area contributed by atoms with Crippen molar-refractivity contribution in [1.29, 1.82) is 0 Å². The van der Waals surface area contributed by atoms with Crippen LogP contribution >= 0.6 is 38.5 Å². The Morgan fingerprint density at radius 3 is 2.75 bits per heavy atom. The Balaban J connectivity index is 2.46. The summed E-state index contributed by atoms with van der Waals surface area (Å²) in [6.45, 7) is 0. The number of hydrogen-bond acceptors (Lipinski definition) is 2. The largest absolute Gasteiger partial charge is 0.287 e. The minimum atomic E-state index is -0.0497. The van der Waals surface area contributed by atoms with Crippen molar-refractivity contribution in [2.24, 2.45) is 0 Å². The third-order valence-corrected chi connectivity index (χ3v) is 3.50. The molecule has 0 saturated carbocycles. The Labute approximate surface area is 115 Å². The zero-order chi connectivity index (χ0) is 11.5. The topological polar surface area (TPSA) is 30.0 Å². The number of hydrogen-bond donors (Lipinski definition) is 0. The van der Waals surface area contributed by atoms with Crippen LogP contribution in [0.3, 0.4) is 0 Å². The van der Waals surface area contributed by atoms with Crippen LogP contribution in [0.5, 0.6) is 0 Å². The SMILES string of the molecule is O=C(c1ccccn1)c1cc(Br)ccc1I. The molecule has 0 saturated heterocycles. The van der Waals surface area contributed by atoms with Crippen LogP contribution in [0, 0.1) is 3.57 Å². The lowest BCUT2D eigenvalue weighted by Crippen LogP contribution is -2.05. The predicted octanol–water partition coefficient (Wildman–Crippen LogP) is 3.68. The first-order chi connectivity index (χ1) is 7.68. The normalized spacial score (nSPS) is 10.1. The molecule has 1 aromatic heterocycles. The molecule has 16 heavy (non-hydrogen) atoms. The minimum absolute atomic E-state index is 0.0497. The van der Waals surface area contributed by atoms with Crippen LogP contribution < -0.4 is 0 Å². The molecule has 80 valence electrons. The van der Waals surface area contributed by atoms with Crippen LogP contribution in [-0.4, -0.2) is 10.8 Å². The average Bonchev–Trinajstić information content (AvgIpc) is 2.32. The molecule has 0 amide bonds. The second-order valence-corrected chi connectivity index (χ2v) is 5.25. The maximum absolute atomic E-state index is 12.1. The van der Waals surface area contributed by atoms with Gasteiger partial charge in [-0.1, -0.05) is 22.0 Å².